The van der Waals surface area contributed by atoms with Gasteiger partial charge < -0.3 is 9.84 Å². The zero-order chi connectivity index (χ0) is 17.9. The number of nitrogens with zero attached hydrogens (tertiary/aromatic N) is 4. The number of ether oxygens (including phenoxy) is 1. The van der Waals surface area contributed by atoms with Gasteiger partial charge in [0.15, 0.2) is 0 Å². The fraction of sp³-hybridized carbons (Fsp3) is 0.579. The molecule has 6 heteroatoms. The van der Waals surface area contributed by atoms with Crippen LogP contribution in [0.25, 0.3) is 0 Å². The Kier molecular flexibility index (Phi) is 5.39. The summed E-state index contributed by atoms with van der Waals surface area (Å²) in [6.07, 6.45) is 6.57. The number of piperidine rings is 1. The Bertz CT molecular complexity index is 685. The van der Waals surface area contributed by atoms with Crippen LogP contribution in [0.4, 0.5) is 0 Å². The Balaban J connectivity index is 1.73. The minimum Gasteiger partial charge on any atom is -0.437 e. The van der Waals surface area contributed by atoms with Crippen molar-refractivity contribution >= 4 is 0 Å². The first-order valence-electron chi connectivity index (χ1n) is 9.00. The van der Waals surface area contributed by atoms with Crippen LogP contribution in [0.2, 0.25) is 0 Å². The van der Waals surface area contributed by atoms with Crippen molar-refractivity contribution in [2.45, 2.75) is 39.7 Å². The Morgan fingerprint density at radius 1 is 1.32 bits per heavy atom. The van der Waals surface area contributed by atoms with Crippen LogP contribution in [-0.2, 0) is 13.6 Å². The van der Waals surface area contributed by atoms with Gasteiger partial charge in [-0.05, 0) is 56.8 Å². The number of aryl methyl sites for hydroxylation is 2. The maximum Gasteiger partial charge on any atom is 0.222 e. The first kappa shape index (κ1) is 17.9. The number of hydrogen-bond donors (Lipinski definition) is 1. The monoisotopic (exact) mass is 344 g/mol. The summed E-state index contributed by atoms with van der Waals surface area (Å²) in [7, 11) is 1.91. The van der Waals surface area contributed by atoms with Crippen molar-refractivity contribution in [1.29, 1.82) is 0 Å². The summed E-state index contributed by atoms with van der Waals surface area (Å²) in [5.41, 5.74) is 2.23. The predicted octanol–water partition coefficient (Wildman–Crippen LogP) is 2.90. The third-order valence-electron chi connectivity index (χ3n) is 5.52. The second kappa shape index (κ2) is 7.54. The minimum absolute atomic E-state index is 0.107. The summed E-state index contributed by atoms with van der Waals surface area (Å²) >= 11 is 0. The van der Waals surface area contributed by atoms with E-state index in [0.29, 0.717) is 6.61 Å². The minimum atomic E-state index is 0.107. The molecular formula is C19H28N4O2. The average molecular weight is 344 g/mol. The van der Waals surface area contributed by atoms with Crippen LogP contribution in [-0.4, -0.2) is 44.5 Å². The molecule has 136 valence electrons. The van der Waals surface area contributed by atoms with Crippen molar-refractivity contribution in [3.8, 4) is 11.6 Å². The molecule has 1 aliphatic rings. The number of pyridine rings is 1. The summed E-state index contributed by atoms with van der Waals surface area (Å²) in [4.78, 5) is 6.54. The van der Waals surface area contributed by atoms with E-state index in [1.807, 2.05) is 26.1 Å². The van der Waals surface area contributed by atoms with Gasteiger partial charge in [0.1, 0.15) is 5.75 Å². The van der Waals surface area contributed by atoms with E-state index in [1.165, 1.54) is 0 Å². The van der Waals surface area contributed by atoms with Crippen molar-refractivity contribution in [3.63, 3.8) is 0 Å². The molecule has 1 saturated heterocycles. The second-order valence-corrected chi connectivity index (χ2v) is 7.07. The van der Waals surface area contributed by atoms with Crippen LogP contribution in [0.1, 0.15) is 37.4 Å². The van der Waals surface area contributed by atoms with Gasteiger partial charge in [-0.25, -0.2) is 4.68 Å². The molecule has 0 spiro atoms. The SMILES string of the molecule is CCC1(CO)CCN(Cc2c(C)nn(C)c2Oc2cccnc2)CC1. The molecule has 1 aliphatic heterocycles. The fourth-order valence-electron chi connectivity index (χ4n) is 3.54. The van der Waals surface area contributed by atoms with Crippen molar-refractivity contribution in [1.82, 2.24) is 19.7 Å². The van der Waals surface area contributed by atoms with E-state index >= 15 is 0 Å². The summed E-state index contributed by atoms with van der Waals surface area (Å²) < 4.78 is 7.85. The van der Waals surface area contributed by atoms with Gasteiger partial charge in [-0.1, -0.05) is 6.92 Å². The van der Waals surface area contributed by atoms with E-state index < -0.39 is 0 Å². The van der Waals surface area contributed by atoms with Gasteiger partial charge in [0.2, 0.25) is 5.88 Å². The Hall–Kier alpha value is -1.92. The molecule has 0 saturated carbocycles. The molecule has 6 nitrogen and oxygen atoms in total. The molecule has 0 amide bonds. The number of hydrogen-bond acceptors (Lipinski definition) is 5. The average Bonchev–Trinajstić information content (AvgIpc) is 2.90. The van der Waals surface area contributed by atoms with Gasteiger partial charge in [-0.15, -0.1) is 0 Å². The summed E-state index contributed by atoms with van der Waals surface area (Å²) in [6.45, 7) is 7.31. The number of rotatable bonds is 6. The molecule has 3 rings (SSSR count). The fourth-order valence-corrected chi connectivity index (χ4v) is 3.54. The van der Waals surface area contributed by atoms with Crippen LogP contribution in [0.3, 0.4) is 0 Å². The van der Waals surface area contributed by atoms with E-state index in [2.05, 4.69) is 21.9 Å². The quantitative estimate of drug-likeness (QED) is 0.873. The van der Waals surface area contributed by atoms with Crippen LogP contribution >= 0.6 is 0 Å². The smallest absolute Gasteiger partial charge is 0.222 e. The molecule has 1 N–H and O–H groups in total. The maximum absolute atomic E-state index is 9.72. The number of aliphatic hydroxyl groups excluding tert-OH is 1. The van der Waals surface area contributed by atoms with E-state index in [9.17, 15) is 5.11 Å². The third kappa shape index (κ3) is 3.85. The van der Waals surface area contributed by atoms with Crippen molar-refractivity contribution < 1.29 is 9.84 Å². The van der Waals surface area contributed by atoms with E-state index in [-0.39, 0.29) is 5.41 Å². The van der Waals surface area contributed by atoms with E-state index in [0.717, 1.165) is 61.8 Å². The summed E-state index contributed by atoms with van der Waals surface area (Å²) in [6, 6.07) is 3.76. The molecular weight excluding hydrogens is 316 g/mol. The topological polar surface area (TPSA) is 63.4 Å². The lowest BCUT2D eigenvalue weighted by Crippen LogP contribution is -2.41. The first-order valence-corrected chi connectivity index (χ1v) is 9.00. The third-order valence-corrected chi connectivity index (χ3v) is 5.52. The number of aliphatic hydroxyl groups is 1. The first-order chi connectivity index (χ1) is 12.1. The molecule has 0 radical (unpaired) electrons. The highest BCUT2D eigenvalue weighted by atomic mass is 16.5. The van der Waals surface area contributed by atoms with E-state index in [4.69, 9.17) is 4.74 Å². The highest BCUT2D eigenvalue weighted by molar-refractivity contribution is 5.34. The lowest BCUT2D eigenvalue weighted by atomic mass is 9.77. The summed E-state index contributed by atoms with van der Waals surface area (Å²) in [5, 5.41) is 14.3. The molecule has 0 aliphatic carbocycles. The Morgan fingerprint density at radius 2 is 2.08 bits per heavy atom. The molecule has 1 fully saturated rings. The zero-order valence-electron chi connectivity index (χ0n) is 15.4. The van der Waals surface area contributed by atoms with Gasteiger partial charge in [-0.3, -0.25) is 9.88 Å². The zero-order valence-corrected chi connectivity index (χ0v) is 15.4. The van der Waals surface area contributed by atoms with Crippen LogP contribution in [0.5, 0.6) is 11.6 Å². The van der Waals surface area contributed by atoms with E-state index in [1.54, 1.807) is 17.1 Å². The van der Waals surface area contributed by atoms with Gasteiger partial charge in [0.05, 0.1) is 17.5 Å². The summed E-state index contributed by atoms with van der Waals surface area (Å²) in [5.74, 6) is 1.50. The van der Waals surface area contributed by atoms with Crippen LogP contribution in [0.15, 0.2) is 24.5 Å². The molecule has 2 aromatic rings. The number of aromatic nitrogens is 3. The van der Waals surface area contributed by atoms with Crippen molar-refractivity contribution in [2.24, 2.45) is 12.5 Å². The molecule has 0 atom stereocenters. The normalized spacial score (nSPS) is 17.6. The highest BCUT2D eigenvalue weighted by Gasteiger charge is 2.33. The molecule has 0 bridgehead atoms. The van der Waals surface area contributed by atoms with Gasteiger partial charge in [0.25, 0.3) is 0 Å². The lowest BCUT2D eigenvalue weighted by Gasteiger charge is -2.40. The Morgan fingerprint density at radius 3 is 2.68 bits per heavy atom. The molecule has 25 heavy (non-hydrogen) atoms. The van der Waals surface area contributed by atoms with Gasteiger partial charge >= 0.3 is 0 Å². The van der Waals surface area contributed by atoms with Crippen molar-refractivity contribution in [3.05, 3.63) is 35.8 Å². The predicted molar refractivity (Wildman–Crippen MR) is 96.6 cm³/mol. The lowest BCUT2D eigenvalue weighted by molar-refractivity contribution is 0.0380. The van der Waals surface area contributed by atoms with Gasteiger partial charge in [-0.2, -0.15) is 5.10 Å². The van der Waals surface area contributed by atoms with Crippen LogP contribution < -0.4 is 4.74 Å². The second-order valence-electron chi connectivity index (χ2n) is 7.07. The standard InChI is InChI=1S/C19H28N4O2/c1-4-19(14-24)7-10-23(11-8-19)13-17-15(2)21-22(3)18(17)25-16-6-5-9-20-12-16/h5-6,9,12,24H,4,7-8,10-11,13-14H2,1-3H3. The van der Waals surface area contributed by atoms with Crippen molar-refractivity contribution in [2.75, 3.05) is 19.7 Å². The Labute approximate surface area is 149 Å². The maximum atomic E-state index is 9.72. The largest absolute Gasteiger partial charge is 0.437 e. The molecule has 3 heterocycles. The molecule has 0 unspecified atom stereocenters. The highest BCUT2D eigenvalue weighted by Crippen LogP contribution is 2.36. The van der Waals surface area contributed by atoms with Crippen LogP contribution in [0, 0.1) is 12.3 Å². The molecule has 0 aromatic carbocycles. The molecule has 2 aromatic heterocycles. The number of likely N-dealkylation sites (tertiary alicyclic amines) is 1. The van der Waals surface area contributed by atoms with Gasteiger partial charge in [0, 0.05) is 26.4 Å².